The van der Waals surface area contributed by atoms with Crippen molar-refractivity contribution in [1.29, 1.82) is 0 Å². The van der Waals surface area contributed by atoms with Gasteiger partial charge in [-0.05, 0) is 97.6 Å². The molecule has 0 saturated carbocycles. The van der Waals surface area contributed by atoms with Crippen LogP contribution in [0.3, 0.4) is 0 Å². The molecule has 3 aliphatic rings. The van der Waals surface area contributed by atoms with Crippen molar-refractivity contribution in [1.82, 2.24) is 36.4 Å². The van der Waals surface area contributed by atoms with Crippen LogP contribution in [-0.2, 0) is 33.5 Å². The first-order valence-electron chi connectivity index (χ1n) is 28.4. The summed E-state index contributed by atoms with van der Waals surface area (Å²) in [6.45, 7) is 6.40. The Hall–Kier alpha value is -8.03. The Morgan fingerprint density at radius 3 is 1.80 bits per heavy atom. The fourth-order valence-electron chi connectivity index (χ4n) is 10.2. The number of unbranched alkanes of at least 4 members (excludes halogenated alkanes) is 1. The number of nitrogens with zero attached hydrogens (tertiary/aromatic N) is 2. The first-order valence-corrected chi connectivity index (χ1v) is 28.4. The maximum absolute atomic E-state index is 14.5. The van der Waals surface area contributed by atoms with Crippen molar-refractivity contribution < 1.29 is 89.0 Å². The highest BCUT2D eigenvalue weighted by Gasteiger charge is 2.50. The van der Waals surface area contributed by atoms with Crippen LogP contribution in [-0.4, -0.2) is 209 Å². The summed E-state index contributed by atoms with van der Waals surface area (Å²) in [5.41, 5.74) is 2.85. The molecule has 3 fully saturated rings. The highest BCUT2D eigenvalue weighted by Crippen LogP contribution is 2.28. The number of ether oxygens (including phenoxy) is 2. The summed E-state index contributed by atoms with van der Waals surface area (Å²) in [5, 5.41) is 111. The lowest BCUT2D eigenvalue weighted by Gasteiger charge is -2.34. The third kappa shape index (κ3) is 16.5. The number of hydrogen-bond acceptors (Lipinski definition) is 18. The van der Waals surface area contributed by atoms with E-state index in [1.54, 1.807) is 12.1 Å². The van der Waals surface area contributed by atoms with E-state index in [0.29, 0.717) is 31.1 Å². The second-order valence-corrected chi connectivity index (χ2v) is 21.8. The lowest BCUT2D eigenvalue weighted by molar-refractivity contribution is -0.148. The number of benzene rings is 4. The Balaban J connectivity index is 1.14. The minimum absolute atomic E-state index is 0.00824. The highest BCUT2D eigenvalue weighted by atomic mass is 16.5. The Morgan fingerprint density at radius 2 is 1.21 bits per heavy atom. The summed E-state index contributed by atoms with van der Waals surface area (Å²) in [5.74, 6) is -2.56. The number of phenolic OH excluding ortho intramolecular Hbond substituents is 1. The maximum Gasteiger partial charge on any atom is 0.251 e. The predicted molar refractivity (Wildman–Crippen MR) is 307 cm³/mol. The van der Waals surface area contributed by atoms with Gasteiger partial charge in [-0.2, -0.15) is 0 Å². The number of rotatable bonds is 15. The van der Waals surface area contributed by atoms with E-state index in [2.05, 4.69) is 45.3 Å². The third-order valence-electron chi connectivity index (χ3n) is 15.2. The summed E-state index contributed by atoms with van der Waals surface area (Å²) < 4.78 is 11.3. The zero-order chi connectivity index (χ0) is 62.5. The molecule has 4 aromatic carbocycles. The molecule has 0 aliphatic carbocycles. The Kier molecular flexibility index (Phi) is 22.7. The standard InChI is InChI=1S/C61H75N7O18/c1-5-6-25-85-26-27-86-43-23-11-36(12-24-43)8-7-35-9-13-37(14-10-35)38-15-17-40(18-16-38)54(77)62-44-29-46(73)57(80)66-59(82)50-51(74)32(2)30-68(50)61(84)48(34(4)70)64-58(81)49(53(76)52(75)39-19-21-41(71)22-20-39)65-56(79)45-28-42(72)31-67(45)60(83)47(33(3)69)63-55(44)78/h9-24,32-34,42,44-53,57,69-76,80H,5-6,25-31H2,1-4H3,(H,62,77)(H,63,78)(H,64,81)(H,65,79)(H,66,82)/t32-,33+,34+,42+,44-,45-,46+,47-,48-,49-,50-,51-,52-,53-,57+/m0/s1. The van der Waals surface area contributed by atoms with Gasteiger partial charge in [0.15, 0.2) is 6.23 Å². The van der Waals surface area contributed by atoms with Gasteiger partial charge in [0.25, 0.3) is 5.91 Å². The van der Waals surface area contributed by atoms with Crippen LogP contribution in [0.15, 0.2) is 97.1 Å². The van der Waals surface area contributed by atoms with Crippen LogP contribution in [0.5, 0.6) is 11.5 Å². The summed E-state index contributed by atoms with van der Waals surface area (Å²) in [7, 11) is 0. The van der Waals surface area contributed by atoms with Crippen LogP contribution in [0.2, 0.25) is 0 Å². The van der Waals surface area contributed by atoms with Crippen LogP contribution in [0.1, 0.15) is 86.5 Å². The second kappa shape index (κ2) is 29.9. The van der Waals surface area contributed by atoms with Crippen molar-refractivity contribution in [3.8, 4) is 34.5 Å². The average molecular weight is 1190 g/mol. The van der Waals surface area contributed by atoms with Gasteiger partial charge >= 0.3 is 0 Å². The van der Waals surface area contributed by atoms with Gasteiger partial charge in [-0.1, -0.05) is 68.5 Å². The molecule has 0 aromatic heterocycles. The van der Waals surface area contributed by atoms with Crippen molar-refractivity contribution >= 4 is 41.4 Å². The van der Waals surface area contributed by atoms with Crippen molar-refractivity contribution in [2.24, 2.45) is 5.92 Å². The summed E-state index contributed by atoms with van der Waals surface area (Å²) >= 11 is 0. The van der Waals surface area contributed by atoms with Gasteiger partial charge in [0.05, 0.1) is 31.0 Å². The molecule has 0 unspecified atom stereocenters. The molecule has 3 aliphatic heterocycles. The normalized spacial score (nSPS) is 26.6. The fraction of sp³-hybridized carbons (Fsp3) is 0.459. The fourth-order valence-corrected chi connectivity index (χ4v) is 10.2. The Morgan fingerprint density at radius 1 is 0.651 bits per heavy atom. The molecule has 25 heteroatoms. The van der Waals surface area contributed by atoms with Crippen LogP contribution in [0, 0.1) is 17.8 Å². The van der Waals surface area contributed by atoms with E-state index in [1.165, 1.54) is 31.2 Å². The van der Waals surface area contributed by atoms with Gasteiger partial charge in [-0.15, -0.1) is 0 Å². The van der Waals surface area contributed by atoms with Crippen molar-refractivity contribution in [2.75, 3.05) is 32.9 Å². The van der Waals surface area contributed by atoms with Gasteiger partial charge < -0.3 is 91.8 Å². The topological polar surface area (TPSA) is 387 Å². The summed E-state index contributed by atoms with van der Waals surface area (Å²) in [4.78, 5) is 102. The first kappa shape index (κ1) is 65.5. The molecule has 3 saturated heterocycles. The number of aromatic hydroxyl groups is 1. The van der Waals surface area contributed by atoms with Crippen LogP contribution in [0.4, 0.5) is 0 Å². The lowest BCUT2D eigenvalue weighted by atomic mass is 9.96. The van der Waals surface area contributed by atoms with E-state index in [0.717, 1.165) is 65.3 Å². The van der Waals surface area contributed by atoms with E-state index >= 15 is 0 Å². The summed E-state index contributed by atoms with van der Waals surface area (Å²) in [6.07, 6.45) is -14.8. The first-order chi connectivity index (χ1) is 40.9. The van der Waals surface area contributed by atoms with Gasteiger partial charge in [0.2, 0.25) is 35.4 Å². The SMILES string of the molecule is CCCCOCCOc1ccc(C#Cc2ccc(-c3ccc(C(=O)N[C@H]4C[C@@H](O)[C@@H](O)NC(=O)[C@@H]5[C@@H](O)[C@@H](C)CN5C(=O)[C@H]([C@@H](C)O)NC(=O)[C@H]([C@H](O)[C@@H](O)c5ccc(O)cc5)NC(=O)[C@@H]5C[C@@H](O)CN5C(=O)[C@H]([C@@H](C)O)NC4=O)cc3)cc2)cc1. The van der Waals surface area contributed by atoms with Crippen LogP contribution >= 0.6 is 0 Å². The molecule has 462 valence electrons. The molecule has 7 rings (SSSR count). The smallest absolute Gasteiger partial charge is 0.251 e. The number of hydrogen-bond donors (Lipinski definition) is 14. The number of aliphatic hydroxyl groups is 8. The quantitative estimate of drug-likeness (QED) is 0.0472. The van der Waals surface area contributed by atoms with Gasteiger partial charge in [-0.25, -0.2) is 0 Å². The minimum atomic E-state index is -2.30. The number of carbonyl (C=O) groups excluding carboxylic acids is 7. The highest BCUT2D eigenvalue weighted by molar-refractivity contribution is 6.00. The molecule has 0 spiro atoms. The molecule has 15 atom stereocenters. The number of nitrogens with one attached hydrogen (secondary N) is 5. The minimum Gasteiger partial charge on any atom is -0.508 e. The van der Waals surface area contributed by atoms with Gasteiger partial charge in [-0.3, -0.25) is 33.6 Å². The lowest BCUT2D eigenvalue weighted by Crippen LogP contribution is -2.64. The molecule has 86 heavy (non-hydrogen) atoms. The maximum atomic E-state index is 14.5. The summed E-state index contributed by atoms with van der Waals surface area (Å²) in [6, 6.07) is 13.8. The molecule has 0 radical (unpaired) electrons. The number of fused-ring (bicyclic) bond motifs is 2. The van der Waals surface area contributed by atoms with Crippen LogP contribution in [0.25, 0.3) is 11.1 Å². The average Bonchev–Trinajstić information content (AvgIpc) is 2.04. The number of phenols is 1. The molecular weight excluding hydrogens is 1120 g/mol. The second-order valence-electron chi connectivity index (χ2n) is 21.8. The van der Waals surface area contributed by atoms with Crippen molar-refractivity contribution in [3.63, 3.8) is 0 Å². The number of amides is 7. The Bertz CT molecular complexity index is 3070. The molecule has 14 N–H and O–H groups in total. The molecule has 3 heterocycles. The molecule has 7 amide bonds. The van der Waals surface area contributed by atoms with Gasteiger partial charge in [0, 0.05) is 55.1 Å². The van der Waals surface area contributed by atoms with E-state index in [-0.39, 0.29) is 23.4 Å². The number of aliphatic hydroxyl groups excluding tert-OH is 8. The van der Waals surface area contributed by atoms with E-state index in [1.807, 2.05) is 48.5 Å². The predicted octanol–water partition coefficient (Wildman–Crippen LogP) is -1.57. The third-order valence-corrected chi connectivity index (χ3v) is 15.2. The monoisotopic (exact) mass is 1190 g/mol. The molecule has 25 nitrogen and oxygen atoms in total. The van der Waals surface area contributed by atoms with Crippen LogP contribution < -0.4 is 31.3 Å². The van der Waals surface area contributed by atoms with Crippen molar-refractivity contribution in [3.05, 3.63) is 119 Å². The molecule has 4 aromatic rings. The van der Waals surface area contributed by atoms with Gasteiger partial charge in [0.1, 0.15) is 72.7 Å². The number of carbonyl (C=O) groups is 7. The Labute approximate surface area is 496 Å². The van der Waals surface area contributed by atoms with E-state index < -0.39 is 152 Å². The van der Waals surface area contributed by atoms with E-state index in [4.69, 9.17) is 9.47 Å². The zero-order valence-electron chi connectivity index (χ0n) is 47.9. The van der Waals surface area contributed by atoms with E-state index in [9.17, 15) is 79.5 Å². The zero-order valence-corrected chi connectivity index (χ0v) is 47.9. The molecular formula is C61H75N7O18. The molecule has 0 bridgehead atoms. The van der Waals surface area contributed by atoms with Crippen molar-refractivity contribution in [2.45, 2.75) is 139 Å². The largest absolute Gasteiger partial charge is 0.508 e.